The predicted molar refractivity (Wildman–Crippen MR) is 171 cm³/mol. The molecule has 0 saturated carbocycles. The zero-order chi connectivity index (χ0) is 28.1. The minimum atomic E-state index is -0.357. The third kappa shape index (κ3) is 1.96. The summed E-state index contributed by atoms with van der Waals surface area (Å²) in [6, 6.07) is 30.7. The van der Waals surface area contributed by atoms with Crippen LogP contribution in [0.15, 0.2) is 97.3 Å². The van der Waals surface area contributed by atoms with Gasteiger partial charge in [0.15, 0.2) is 11.1 Å². The average Bonchev–Trinajstić information content (AvgIpc) is 3.67. The van der Waals surface area contributed by atoms with Crippen molar-refractivity contribution in [3.05, 3.63) is 131 Å². The number of fused-ring (bicyclic) bond motifs is 6. The molecule has 3 unspecified atom stereocenters. The molecule has 0 radical (unpaired) electrons. The number of hydrogen-bond donors (Lipinski definition) is 0. The fourth-order valence-corrected chi connectivity index (χ4v) is 10.5. The van der Waals surface area contributed by atoms with Crippen molar-refractivity contribution in [3.8, 4) is 5.82 Å². The molecule has 0 N–H and O–H groups in total. The number of anilines is 4. The van der Waals surface area contributed by atoms with Gasteiger partial charge in [0.25, 0.3) is 5.82 Å². The number of rotatable bonds is 0. The van der Waals surface area contributed by atoms with E-state index in [9.17, 15) is 0 Å². The fourth-order valence-electron chi connectivity index (χ4n) is 10.5. The molecule has 6 aliphatic heterocycles. The van der Waals surface area contributed by atoms with Gasteiger partial charge in [-0.1, -0.05) is 63.2 Å². The van der Waals surface area contributed by atoms with Crippen molar-refractivity contribution < 1.29 is 4.57 Å². The maximum Gasteiger partial charge on any atom is 0.292 e. The smallest absolute Gasteiger partial charge is 0.292 e. The van der Waals surface area contributed by atoms with E-state index in [4.69, 9.17) is 0 Å². The second kappa shape index (κ2) is 6.40. The van der Waals surface area contributed by atoms with Gasteiger partial charge in [-0.05, 0) is 53.6 Å². The molecule has 3 atom stereocenters. The van der Waals surface area contributed by atoms with Gasteiger partial charge in [-0.2, -0.15) is 4.57 Å². The summed E-state index contributed by atoms with van der Waals surface area (Å²) in [7, 11) is 0. The summed E-state index contributed by atoms with van der Waals surface area (Å²) in [5.74, 6) is 1.74. The van der Waals surface area contributed by atoms with Gasteiger partial charge in [0.05, 0.1) is 46.0 Å². The highest BCUT2D eigenvalue weighted by molar-refractivity contribution is 6.16. The Balaban J connectivity index is 1.43. The van der Waals surface area contributed by atoms with Crippen molar-refractivity contribution in [2.45, 2.75) is 44.2 Å². The molecule has 4 nitrogen and oxygen atoms in total. The molecule has 4 aromatic carbocycles. The number of para-hydroxylation sites is 2. The molecular weight excluding hydrogens is 524 g/mol. The summed E-state index contributed by atoms with van der Waals surface area (Å²) in [4.78, 5) is 5.24. The van der Waals surface area contributed by atoms with Gasteiger partial charge in [-0.15, -0.1) is 0 Å². The second-order valence-electron chi connectivity index (χ2n) is 14.1. The highest BCUT2D eigenvalue weighted by Gasteiger charge is 2.68. The molecule has 2 aromatic heterocycles. The predicted octanol–water partition coefficient (Wildman–Crippen LogP) is 7.86. The van der Waals surface area contributed by atoms with Crippen LogP contribution in [0.4, 0.5) is 22.7 Å². The molecule has 43 heavy (non-hydrogen) atoms. The monoisotopic (exact) mass is 553 g/mol. The van der Waals surface area contributed by atoms with Gasteiger partial charge in [-0.3, -0.25) is 0 Å². The maximum atomic E-state index is 2.73. The number of pyridine rings is 1. The lowest BCUT2D eigenvalue weighted by molar-refractivity contribution is -0.741. The van der Waals surface area contributed by atoms with Crippen molar-refractivity contribution in [1.82, 2.24) is 4.57 Å². The van der Waals surface area contributed by atoms with Gasteiger partial charge < -0.3 is 9.80 Å². The Morgan fingerprint density at radius 1 is 0.767 bits per heavy atom. The van der Waals surface area contributed by atoms with Crippen molar-refractivity contribution >= 4 is 44.6 Å². The van der Waals surface area contributed by atoms with Crippen LogP contribution in [0, 0.1) is 5.92 Å². The van der Waals surface area contributed by atoms with E-state index >= 15 is 0 Å². The summed E-state index contributed by atoms with van der Waals surface area (Å²) in [5.41, 5.74) is 16.4. The average molecular weight is 554 g/mol. The minimum absolute atomic E-state index is 0.118. The highest BCUT2D eigenvalue weighted by Crippen LogP contribution is 2.67. The first-order valence-corrected chi connectivity index (χ1v) is 15.7. The topological polar surface area (TPSA) is 15.3 Å². The molecule has 0 fully saturated rings. The lowest BCUT2D eigenvalue weighted by atomic mass is 9.67. The molecule has 4 heteroatoms. The molecule has 6 aromatic rings. The first-order valence-electron chi connectivity index (χ1n) is 15.7. The zero-order valence-electron chi connectivity index (χ0n) is 24.4. The maximum absolute atomic E-state index is 2.73. The Kier molecular flexibility index (Phi) is 3.25. The van der Waals surface area contributed by atoms with Crippen LogP contribution in [0.5, 0.6) is 0 Å². The Morgan fingerprint density at radius 3 is 2.51 bits per heavy atom. The van der Waals surface area contributed by atoms with Crippen LogP contribution in [-0.4, -0.2) is 10.6 Å². The van der Waals surface area contributed by atoms with Crippen LogP contribution in [0.3, 0.4) is 0 Å². The van der Waals surface area contributed by atoms with E-state index in [-0.39, 0.29) is 17.0 Å². The largest absolute Gasteiger partial charge is 0.339 e. The van der Waals surface area contributed by atoms with Crippen LogP contribution in [-0.2, 0) is 17.4 Å². The second-order valence-corrected chi connectivity index (χ2v) is 14.1. The van der Waals surface area contributed by atoms with Crippen LogP contribution in [0.1, 0.15) is 54.2 Å². The minimum Gasteiger partial charge on any atom is -0.339 e. The van der Waals surface area contributed by atoms with Crippen LogP contribution in [0.2, 0.25) is 0 Å². The van der Waals surface area contributed by atoms with E-state index in [0.29, 0.717) is 5.92 Å². The van der Waals surface area contributed by atoms with Crippen molar-refractivity contribution in [1.29, 1.82) is 0 Å². The van der Waals surface area contributed by atoms with E-state index in [1.807, 2.05) is 0 Å². The molecule has 0 aliphatic carbocycles. The number of hydrogen-bond acceptors (Lipinski definition) is 2. The quantitative estimate of drug-likeness (QED) is 0.178. The van der Waals surface area contributed by atoms with Crippen LogP contribution in [0.25, 0.3) is 27.6 Å². The van der Waals surface area contributed by atoms with Crippen LogP contribution >= 0.6 is 0 Å². The summed E-state index contributed by atoms with van der Waals surface area (Å²) >= 11 is 0. The summed E-state index contributed by atoms with van der Waals surface area (Å²) in [5, 5.41) is 2.79. The van der Waals surface area contributed by atoms with E-state index in [0.717, 1.165) is 6.42 Å². The van der Waals surface area contributed by atoms with Gasteiger partial charge in [0.1, 0.15) is 5.52 Å². The number of benzene rings is 4. The first-order chi connectivity index (χ1) is 21.0. The molecule has 6 aliphatic rings. The van der Waals surface area contributed by atoms with Gasteiger partial charge >= 0.3 is 0 Å². The van der Waals surface area contributed by atoms with Gasteiger partial charge in [-0.25, -0.2) is 4.57 Å². The van der Waals surface area contributed by atoms with E-state index < -0.39 is 0 Å². The fraction of sp³-hybridized carbons (Fsp3) is 0.205. The molecule has 0 bridgehead atoms. The number of nitrogens with zero attached hydrogens (tertiary/aromatic N) is 4. The van der Waals surface area contributed by atoms with E-state index in [2.05, 4.69) is 137 Å². The van der Waals surface area contributed by atoms with E-state index in [1.54, 1.807) is 0 Å². The van der Waals surface area contributed by atoms with Crippen molar-refractivity contribution in [2.24, 2.45) is 5.92 Å². The Hall–Kier alpha value is -4.83. The molecule has 204 valence electrons. The zero-order valence-corrected chi connectivity index (χ0v) is 24.4. The number of aromatic nitrogens is 2. The lowest BCUT2D eigenvalue weighted by Crippen LogP contribution is -2.70. The van der Waals surface area contributed by atoms with Crippen molar-refractivity contribution in [2.75, 3.05) is 9.80 Å². The van der Waals surface area contributed by atoms with Crippen molar-refractivity contribution in [3.63, 3.8) is 0 Å². The summed E-state index contributed by atoms with van der Waals surface area (Å²) in [6.45, 7) is 7.28. The lowest BCUT2D eigenvalue weighted by Gasteiger charge is -2.49. The third-order valence-electron chi connectivity index (χ3n) is 11.9. The molecule has 0 amide bonds. The van der Waals surface area contributed by atoms with E-state index in [1.165, 1.54) is 83.8 Å². The molecular formula is C39H29N4+. The summed E-state index contributed by atoms with van der Waals surface area (Å²) < 4.78 is 5.40. The standard InChI is InChI=1S/C39H29N4/c1-21-16-18-40-29-14-7-15-30-31(29)39(36(21)40)32-33-23(19-22-9-4-5-13-28(22)42(30)33)20-25-24-10-6-11-26-34(24)43(35(25)32)37-27(38(26,2)3)12-8-17-41(37)39/h4-18,20-21,36H,19H2,1-3H3/q+1. The Labute approximate surface area is 249 Å². The van der Waals surface area contributed by atoms with Crippen LogP contribution < -0.4 is 14.4 Å². The molecule has 1 spiro atoms. The Bertz CT molecular complexity index is 2410. The molecule has 0 saturated heterocycles. The SMILES string of the molecule is CC1C=CN2c3cccc4c3C3(c5c6c(cc7c8cccc9c8n(c57)-c5c(ccc[n+]53)C9(C)C)Cc3ccccc3N46)C12. The Morgan fingerprint density at radius 2 is 1.58 bits per heavy atom. The normalized spacial score (nSPS) is 24.6. The first kappa shape index (κ1) is 21.8. The molecule has 12 rings (SSSR count). The molecule has 8 heterocycles. The van der Waals surface area contributed by atoms with Gasteiger partial charge in [0, 0.05) is 46.0 Å². The third-order valence-corrected chi connectivity index (χ3v) is 11.9. The van der Waals surface area contributed by atoms with Gasteiger partial charge in [0.2, 0.25) is 0 Å². The highest BCUT2D eigenvalue weighted by atomic mass is 15.3. The summed E-state index contributed by atoms with van der Waals surface area (Å²) in [6.07, 6.45) is 8.17.